The number of phenolic OH excluding ortho intramolecular Hbond substituents is 1. The van der Waals surface area contributed by atoms with E-state index in [0.29, 0.717) is 12.4 Å². The van der Waals surface area contributed by atoms with Crippen molar-refractivity contribution in [2.75, 3.05) is 39.9 Å². The molecule has 5 heteroatoms. The van der Waals surface area contributed by atoms with Crippen molar-refractivity contribution >= 4 is 0 Å². The second-order valence-corrected chi connectivity index (χ2v) is 5.12. The van der Waals surface area contributed by atoms with Crippen LogP contribution in [0.2, 0.25) is 0 Å². The fourth-order valence-electron chi connectivity index (χ4n) is 2.31. The first-order valence-electron chi connectivity index (χ1n) is 7.14. The van der Waals surface area contributed by atoms with Crippen LogP contribution >= 0.6 is 0 Å². The lowest BCUT2D eigenvalue weighted by Crippen LogP contribution is -2.44. The summed E-state index contributed by atoms with van der Waals surface area (Å²) in [6, 6.07) is 5.45. The first-order valence-corrected chi connectivity index (χ1v) is 7.14. The summed E-state index contributed by atoms with van der Waals surface area (Å²) in [5, 5.41) is 13.0. The molecule has 1 aromatic rings. The molecule has 0 spiro atoms. The highest BCUT2D eigenvalue weighted by molar-refractivity contribution is 5.41. The van der Waals surface area contributed by atoms with Crippen LogP contribution in [-0.2, 0) is 11.3 Å². The zero-order valence-corrected chi connectivity index (χ0v) is 12.3. The summed E-state index contributed by atoms with van der Waals surface area (Å²) < 4.78 is 11.1. The lowest BCUT2D eigenvalue weighted by Gasteiger charge is -2.30. The van der Waals surface area contributed by atoms with Crippen molar-refractivity contribution in [1.82, 2.24) is 10.2 Å². The van der Waals surface area contributed by atoms with Gasteiger partial charge < -0.3 is 24.8 Å². The summed E-state index contributed by atoms with van der Waals surface area (Å²) in [4.78, 5) is 2.28. The zero-order chi connectivity index (χ0) is 14.4. The number of nitrogens with zero attached hydrogens (tertiary/aromatic N) is 1. The number of aromatic hydroxyl groups is 1. The van der Waals surface area contributed by atoms with E-state index in [1.165, 1.54) is 0 Å². The second-order valence-electron chi connectivity index (χ2n) is 5.12. The number of phenols is 1. The summed E-state index contributed by atoms with van der Waals surface area (Å²) >= 11 is 0. The van der Waals surface area contributed by atoms with Crippen molar-refractivity contribution in [3.63, 3.8) is 0 Å². The quantitative estimate of drug-likeness (QED) is 0.820. The molecule has 2 N–H and O–H groups in total. The fourth-order valence-corrected chi connectivity index (χ4v) is 2.31. The maximum atomic E-state index is 9.65. The average molecular weight is 280 g/mol. The van der Waals surface area contributed by atoms with Gasteiger partial charge in [-0.15, -0.1) is 0 Å². The van der Waals surface area contributed by atoms with Gasteiger partial charge in [0.25, 0.3) is 0 Å². The molecule has 0 aromatic heterocycles. The van der Waals surface area contributed by atoms with Gasteiger partial charge in [-0.1, -0.05) is 6.07 Å². The van der Waals surface area contributed by atoms with E-state index in [4.69, 9.17) is 9.47 Å². The zero-order valence-electron chi connectivity index (χ0n) is 12.3. The SMILES string of the molecule is CCOc1cc(CNCC2CN(C)CCO2)ccc1O. The maximum absolute atomic E-state index is 9.65. The van der Waals surface area contributed by atoms with E-state index < -0.39 is 0 Å². The molecule has 1 saturated heterocycles. The van der Waals surface area contributed by atoms with Gasteiger partial charge in [0.1, 0.15) is 0 Å². The third kappa shape index (κ3) is 4.37. The van der Waals surface area contributed by atoms with Crippen LogP contribution in [0, 0.1) is 0 Å². The molecule has 1 atom stereocenters. The lowest BCUT2D eigenvalue weighted by atomic mass is 10.2. The first kappa shape index (κ1) is 15.1. The minimum atomic E-state index is 0.188. The van der Waals surface area contributed by atoms with Crippen LogP contribution in [0.3, 0.4) is 0 Å². The molecule has 1 heterocycles. The summed E-state index contributed by atoms with van der Waals surface area (Å²) in [7, 11) is 2.11. The molecule has 0 aliphatic carbocycles. The van der Waals surface area contributed by atoms with Gasteiger partial charge in [0.05, 0.1) is 19.3 Å². The van der Waals surface area contributed by atoms with Crippen molar-refractivity contribution in [3.8, 4) is 11.5 Å². The topological polar surface area (TPSA) is 54.0 Å². The van der Waals surface area contributed by atoms with Gasteiger partial charge in [0.2, 0.25) is 0 Å². The van der Waals surface area contributed by atoms with Crippen LogP contribution in [0.4, 0.5) is 0 Å². The van der Waals surface area contributed by atoms with Crippen LogP contribution in [0.25, 0.3) is 0 Å². The molecular weight excluding hydrogens is 256 g/mol. The number of hydrogen-bond acceptors (Lipinski definition) is 5. The smallest absolute Gasteiger partial charge is 0.161 e. The van der Waals surface area contributed by atoms with Gasteiger partial charge in [-0.25, -0.2) is 0 Å². The van der Waals surface area contributed by atoms with Crippen molar-refractivity contribution in [1.29, 1.82) is 0 Å². The maximum Gasteiger partial charge on any atom is 0.161 e. The monoisotopic (exact) mass is 280 g/mol. The third-order valence-electron chi connectivity index (χ3n) is 3.37. The van der Waals surface area contributed by atoms with Gasteiger partial charge in [-0.3, -0.25) is 0 Å². The molecule has 1 fully saturated rings. The predicted molar refractivity (Wildman–Crippen MR) is 78.2 cm³/mol. The number of benzene rings is 1. The van der Waals surface area contributed by atoms with Gasteiger partial charge >= 0.3 is 0 Å². The lowest BCUT2D eigenvalue weighted by molar-refractivity contribution is -0.0182. The van der Waals surface area contributed by atoms with E-state index in [1.807, 2.05) is 19.1 Å². The van der Waals surface area contributed by atoms with Crippen LogP contribution in [0.1, 0.15) is 12.5 Å². The van der Waals surface area contributed by atoms with Crippen molar-refractivity contribution in [3.05, 3.63) is 23.8 Å². The summed E-state index contributed by atoms with van der Waals surface area (Å²) in [5.74, 6) is 0.730. The molecule has 0 saturated carbocycles. The van der Waals surface area contributed by atoms with Crippen LogP contribution in [0.15, 0.2) is 18.2 Å². The van der Waals surface area contributed by atoms with E-state index >= 15 is 0 Å². The van der Waals surface area contributed by atoms with Gasteiger partial charge in [-0.05, 0) is 31.7 Å². The number of hydrogen-bond donors (Lipinski definition) is 2. The van der Waals surface area contributed by atoms with Gasteiger partial charge in [0, 0.05) is 26.2 Å². The number of ether oxygens (including phenoxy) is 2. The average Bonchev–Trinajstić information content (AvgIpc) is 2.43. The highest BCUT2D eigenvalue weighted by atomic mass is 16.5. The second kappa shape index (κ2) is 7.47. The van der Waals surface area contributed by atoms with Crippen molar-refractivity contribution < 1.29 is 14.6 Å². The Morgan fingerprint density at radius 2 is 2.35 bits per heavy atom. The predicted octanol–water partition coefficient (Wildman–Crippen LogP) is 1.21. The Morgan fingerprint density at radius 3 is 3.10 bits per heavy atom. The molecular formula is C15H24N2O3. The standard InChI is InChI=1S/C15H24N2O3/c1-3-19-15-8-12(4-5-14(15)18)9-16-10-13-11-17(2)6-7-20-13/h4-5,8,13,16,18H,3,6-7,9-11H2,1-2H3. The molecule has 1 aliphatic rings. The van der Waals surface area contributed by atoms with Crippen LogP contribution in [-0.4, -0.2) is 56.0 Å². The van der Waals surface area contributed by atoms with Crippen molar-refractivity contribution in [2.24, 2.45) is 0 Å². The summed E-state index contributed by atoms with van der Waals surface area (Å²) in [6.45, 7) is 6.79. The Morgan fingerprint density at radius 1 is 1.50 bits per heavy atom. The highest BCUT2D eigenvalue weighted by Crippen LogP contribution is 2.26. The molecule has 20 heavy (non-hydrogen) atoms. The molecule has 1 aromatic carbocycles. The number of nitrogens with one attached hydrogen (secondary N) is 1. The molecule has 112 valence electrons. The number of rotatable bonds is 6. The van der Waals surface area contributed by atoms with E-state index in [2.05, 4.69) is 17.3 Å². The molecule has 1 unspecified atom stereocenters. The Labute approximate surface area is 120 Å². The highest BCUT2D eigenvalue weighted by Gasteiger charge is 2.16. The Hall–Kier alpha value is -1.30. The van der Waals surface area contributed by atoms with Gasteiger partial charge in [0.15, 0.2) is 11.5 Å². The van der Waals surface area contributed by atoms with Crippen molar-refractivity contribution in [2.45, 2.75) is 19.6 Å². The largest absolute Gasteiger partial charge is 0.504 e. The molecule has 1 aliphatic heterocycles. The normalized spacial score (nSPS) is 20.0. The van der Waals surface area contributed by atoms with Gasteiger partial charge in [-0.2, -0.15) is 0 Å². The number of likely N-dealkylation sites (N-methyl/N-ethyl adjacent to an activating group) is 1. The third-order valence-corrected chi connectivity index (χ3v) is 3.37. The molecule has 5 nitrogen and oxygen atoms in total. The van der Waals surface area contributed by atoms with Crippen LogP contribution < -0.4 is 10.1 Å². The van der Waals surface area contributed by atoms with Crippen LogP contribution in [0.5, 0.6) is 11.5 Å². The minimum absolute atomic E-state index is 0.188. The summed E-state index contributed by atoms with van der Waals surface area (Å²) in [6.07, 6.45) is 0.247. The number of morpholine rings is 1. The van der Waals surface area contributed by atoms with E-state index in [0.717, 1.165) is 38.3 Å². The molecule has 0 amide bonds. The minimum Gasteiger partial charge on any atom is -0.504 e. The van der Waals surface area contributed by atoms with E-state index in [-0.39, 0.29) is 11.9 Å². The Kier molecular flexibility index (Phi) is 5.64. The Balaban J connectivity index is 1.80. The Bertz CT molecular complexity index is 426. The first-order chi connectivity index (χ1) is 9.69. The molecule has 0 radical (unpaired) electrons. The van der Waals surface area contributed by atoms with E-state index in [9.17, 15) is 5.11 Å². The van der Waals surface area contributed by atoms with E-state index in [1.54, 1.807) is 6.07 Å². The summed E-state index contributed by atoms with van der Waals surface area (Å²) in [5.41, 5.74) is 1.09. The fraction of sp³-hybridized carbons (Fsp3) is 0.600. The molecule has 2 rings (SSSR count). The molecule has 0 bridgehead atoms.